The average Bonchev–Trinajstić information content (AvgIpc) is 3.00. The van der Waals surface area contributed by atoms with Crippen molar-refractivity contribution in [3.8, 4) is 23.0 Å². The SMILES string of the molecule is COc1cc(C(=O)C(CCCc2ccccc2)Cc2ccc(OC3(C)C=CC=CC3C(=O)O)cc2)cc(OC)c1OC. The molecule has 3 aromatic carbocycles. The van der Waals surface area contributed by atoms with Crippen LogP contribution in [0.2, 0.25) is 0 Å². The van der Waals surface area contributed by atoms with Crippen LogP contribution in [-0.2, 0) is 17.6 Å². The molecule has 0 saturated heterocycles. The number of benzene rings is 3. The predicted molar refractivity (Wildman–Crippen MR) is 162 cm³/mol. The van der Waals surface area contributed by atoms with Gasteiger partial charge in [0.25, 0.3) is 0 Å². The topological polar surface area (TPSA) is 91.3 Å². The molecule has 1 aliphatic carbocycles. The van der Waals surface area contributed by atoms with Crippen LogP contribution in [0.3, 0.4) is 0 Å². The lowest BCUT2D eigenvalue weighted by Crippen LogP contribution is -2.43. The standard InChI is InChI=1S/C35H38O7/c1-35(20-9-8-15-29(35)34(37)38)42-28-18-16-25(17-19-28)21-26(14-10-13-24-11-6-5-7-12-24)32(36)27-22-30(39-2)33(41-4)31(23-27)40-3/h5-9,11-12,15-20,22-23,26,29H,10,13-14,21H2,1-4H3,(H,37,38). The van der Waals surface area contributed by atoms with E-state index >= 15 is 0 Å². The zero-order valence-corrected chi connectivity index (χ0v) is 24.5. The molecule has 7 heteroatoms. The third-order valence-corrected chi connectivity index (χ3v) is 7.65. The van der Waals surface area contributed by atoms with Gasteiger partial charge in [-0.05, 0) is 74.1 Å². The number of ether oxygens (including phenoxy) is 4. The number of hydrogen-bond acceptors (Lipinski definition) is 6. The van der Waals surface area contributed by atoms with Gasteiger partial charge in [0.1, 0.15) is 17.3 Å². The van der Waals surface area contributed by atoms with Gasteiger partial charge in [-0.25, -0.2) is 0 Å². The second-order valence-electron chi connectivity index (χ2n) is 10.5. The third kappa shape index (κ3) is 7.21. The van der Waals surface area contributed by atoms with Crippen molar-refractivity contribution in [3.63, 3.8) is 0 Å². The molecule has 1 aliphatic rings. The molecule has 3 unspecified atom stereocenters. The summed E-state index contributed by atoms with van der Waals surface area (Å²) in [5.74, 6) is -0.166. The second-order valence-corrected chi connectivity index (χ2v) is 10.5. The number of aryl methyl sites for hydroxylation is 1. The molecule has 0 spiro atoms. The maximum absolute atomic E-state index is 14.0. The molecule has 0 radical (unpaired) electrons. The van der Waals surface area contributed by atoms with Gasteiger partial charge in [-0.15, -0.1) is 0 Å². The summed E-state index contributed by atoms with van der Waals surface area (Å²) in [7, 11) is 4.60. The Morgan fingerprint density at radius 1 is 0.881 bits per heavy atom. The van der Waals surface area contributed by atoms with Crippen molar-refractivity contribution < 1.29 is 33.6 Å². The molecule has 4 rings (SSSR count). The first-order valence-electron chi connectivity index (χ1n) is 14.0. The Kier molecular flexibility index (Phi) is 10.1. The fourth-order valence-electron chi connectivity index (χ4n) is 5.36. The van der Waals surface area contributed by atoms with E-state index in [9.17, 15) is 14.7 Å². The Balaban J connectivity index is 1.55. The largest absolute Gasteiger partial charge is 0.493 e. The molecule has 42 heavy (non-hydrogen) atoms. The average molecular weight is 571 g/mol. The van der Waals surface area contributed by atoms with E-state index in [-0.39, 0.29) is 11.7 Å². The van der Waals surface area contributed by atoms with Crippen molar-refractivity contribution in [2.75, 3.05) is 21.3 Å². The number of rotatable bonds is 14. The zero-order valence-electron chi connectivity index (χ0n) is 24.5. The van der Waals surface area contributed by atoms with Crippen LogP contribution < -0.4 is 18.9 Å². The quantitative estimate of drug-likeness (QED) is 0.215. The van der Waals surface area contributed by atoms with Gasteiger partial charge in [-0.2, -0.15) is 0 Å². The fraction of sp³-hybridized carbons (Fsp3) is 0.314. The third-order valence-electron chi connectivity index (χ3n) is 7.65. The van der Waals surface area contributed by atoms with Crippen molar-refractivity contribution in [1.82, 2.24) is 0 Å². The van der Waals surface area contributed by atoms with E-state index in [1.807, 2.05) is 42.5 Å². The number of hydrogen-bond donors (Lipinski definition) is 1. The van der Waals surface area contributed by atoms with Crippen LogP contribution in [0.25, 0.3) is 0 Å². The summed E-state index contributed by atoms with van der Waals surface area (Å²) in [5.41, 5.74) is 1.70. The van der Waals surface area contributed by atoms with Crippen LogP contribution >= 0.6 is 0 Å². The number of carboxylic acids is 1. The normalized spacial score (nSPS) is 18.2. The maximum atomic E-state index is 14.0. The van der Waals surface area contributed by atoms with Crippen LogP contribution in [-0.4, -0.2) is 43.8 Å². The van der Waals surface area contributed by atoms with E-state index in [0.29, 0.717) is 41.4 Å². The van der Waals surface area contributed by atoms with E-state index in [4.69, 9.17) is 18.9 Å². The van der Waals surface area contributed by atoms with E-state index in [1.54, 1.807) is 43.4 Å². The zero-order chi connectivity index (χ0) is 30.1. The summed E-state index contributed by atoms with van der Waals surface area (Å²) in [5, 5.41) is 9.66. The summed E-state index contributed by atoms with van der Waals surface area (Å²) in [4.78, 5) is 25.7. The lowest BCUT2D eigenvalue weighted by atomic mass is 9.85. The molecule has 0 aliphatic heterocycles. The summed E-state index contributed by atoms with van der Waals surface area (Å²) < 4.78 is 22.6. The van der Waals surface area contributed by atoms with Crippen molar-refractivity contribution in [2.24, 2.45) is 11.8 Å². The van der Waals surface area contributed by atoms with Crippen LogP contribution in [0.4, 0.5) is 0 Å². The highest BCUT2D eigenvalue weighted by atomic mass is 16.5. The Hall–Kier alpha value is -4.52. The van der Waals surface area contributed by atoms with Crippen molar-refractivity contribution >= 4 is 11.8 Å². The van der Waals surface area contributed by atoms with Crippen molar-refractivity contribution in [2.45, 2.75) is 38.2 Å². The van der Waals surface area contributed by atoms with Crippen LogP contribution in [0.1, 0.15) is 41.3 Å². The monoisotopic (exact) mass is 570 g/mol. The van der Waals surface area contributed by atoms with Gasteiger partial charge in [-0.1, -0.05) is 60.7 Å². The minimum absolute atomic E-state index is 0.00131. The Morgan fingerprint density at radius 3 is 2.14 bits per heavy atom. The summed E-state index contributed by atoms with van der Waals surface area (Å²) >= 11 is 0. The van der Waals surface area contributed by atoms with E-state index in [1.165, 1.54) is 26.9 Å². The first kappa shape index (κ1) is 30.4. The van der Waals surface area contributed by atoms with Gasteiger partial charge >= 0.3 is 5.97 Å². The number of ketones is 1. The Morgan fingerprint density at radius 2 is 1.55 bits per heavy atom. The van der Waals surface area contributed by atoms with Crippen LogP contribution in [0.5, 0.6) is 23.0 Å². The lowest BCUT2D eigenvalue weighted by Gasteiger charge is -2.33. The van der Waals surface area contributed by atoms with Crippen LogP contribution in [0, 0.1) is 11.8 Å². The lowest BCUT2D eigenvalue weighted by molar-refractivity contribution is -0.144. The van der Waals surface area contributed by atoms with Crippen molar-refractivity contribution in [3.05, 3.63) is 108 Å². The molecule has 0 bridgehead atoms. The summed E-state index contributed by atoms with van der Waals surface area (Å²) in [6.07, 6.45) is 9.85. The van der Waals surface area contributed by atoms with Crippen molar-refractivity contribution in [1.29, 1.82) is 0 Å². The van der Waals surface area contributed by atoms with Gasteiger partial charge < -0.3 is 24.1 Å². The molecule has 0 amide bonds. The minimum Gasteiger partial charge on any atom is -0.493 e. The first-order chi connectivity index (χ1) is 20.3. The minimum atomic E-state index is -1.01. The maximum Gasteiger partial charge on any atom is 0.314 e. The molecule has 3 aromatic rings. The number of aliphatic carboxylic acids is 1. The van der Waals surface area contributed by atoms with Gasteiger partial charge in [0, 0.05) is 11.5 Å². The molecule has 1 N–H and O–H groups in total. The number of allylic oxidation sites excluding steroid dienone is 2. The molecule has 0 fully saturated rings. The Bertz CT molecular complexity index is 1400. The molecular weight excluding hydrogens is 532 g/mol. The Labute approximate surface area is 247 Å². The molecular formula is C35H38O7. The highest BCUT2D eigenvalue weighted by Crippen LogP contribution is 2.39. The van der Waals surface area contributed by atoms with Gasteiger partial charge in [-0.3, -0.25) is 9.59 Å². The molecule has 7 nitrogen and oxygen atoms in total. The number of carbonyl (C=O) groups is 2. The van der Waals surface area contributed by atoms with E-state index in [2.05, 4.69) is 12.1 Å². The number of carbonyl (C=O) groups excluding carboxylic acids is 1. The molecule has 0 saturated carbocycles. The molecule has 220 valence electrons. The highest BCUT2D eigenvalue weighted by molar-refractivity contribution is 5.99. The smallest absolute Gasteiger partial charge is 0.314 e. The number of methoxy groups -OCH3 is 3. The second kappa shape index (κ2) is 13.9. The first-order valence-corrected chi connectivity index (χ1v) is 14.0. The highest BCUT2D eigenvalue weighted by Gasteiger charge is 2.39. The number of Topliss-reactive ketones (excluding diaryl/α,β-unsaturated/α-hetero) is 1. The molecule has 0 heterocycles. The van der Waals surface area contributed by atoms with Gasteiger partial charge in [0.05, 0.1) is 21.3 Å². The summed E-state index contributed by atoms with van der Waals surface area (Å²) in [6.45, 7) is 1.76. The summed E-state index contributed by atoms with van der Waals surface area (Å²) in [6, 6.07) is 21.2. The fourth-order valence-corrected chi connectivity index (χ4v) is 5.36. The predicted octanol–water partition coefficient (Wildman–Crippen LogP) is 6.74. The molecule has 0 aromatic heterocycles. The van der Waals surface area contributed by atoms with E-state index < -0.39 is 17.5 Å². The van der Waals surface area contributed by atoms with Gasteiger partial charge in [0.15, 0.2) is 17.3 Å². The number of carboxylic acid groups (broad SMARTS) is 1. The molecule has 3 atom stereocenters. The van der Waals surface area contributed by atoms with E-state index in [0.717, 1.165) is 18.4 Å². The van der Waals surface area contributed by atoms with Gasteiger partial charge in [0.2, 0.25) is 5.75 Å². The van der Waals surface area contributed by atoms with Crippen LogP contribution in [0.15, 0.2) is 91.0 Å².